The van der Waals surface area contributed by atoms with Gasteiger partial charge >= 0.3 is 21.0 Å². The predicted molar refractivity (Wildman–Crippen MR) is 144 cm³/mol. The number of aromatic amines is 4. The maximum atomic E-state index is 8.19. The predicted octanol–water partition coefficient (Wildman–Crippen LogP) is 3.06. The number of nitrogens with one attached hydrogen (secondary N) is 4. The first kappa shape index (κ1) is 27.5. The van der Waals surface area contributed by atoms with E-state index in [0.717, 1.165) is 40.1 Å². The molecule has 16 heteroatoms. The van der Waals surface area contributed by atoms with Crippen LogP contribution in [-0.4, -0.2) is 65.2 Å². The van der Waals surface area contributed by atoms with Crippen LogP contribution < -0.4 is 9.97 Å². The summed E-state index contributed by atoms with van der Waals surface area (Å²) in [7, 11) is 0. The number of hydrogen-bond donors (Lipinski definition) is 4. The van der Waals surface area contributed by atoms with Gasteiger partial charge in [0, 0.05) is 24.8 Å². The molecular formula is C24H20N14OV. The summed E-state index contributed by atoms with van der Waals surface area (Å²) >= 11 is 1.06. The molecule has 0 bridgehead atoms. The van der Waals surface area contributed by atoms with Gasteiger partial charge in [-0.1, -0.05) is 24.3 Å². The van der Waals surface area contributed by atoms with Crippen molar-refractivity contribution >= 4 is 48.7 Å². The Bertz CT molecular complexity index is 1380. The van der Waals surface area contributed by atoms with Crippen LogP contribution in [0.4, 0.5) is 23.8 Å². The molecule has 0 aliphatic carbocycles. The summed E-state index contributed by atoms with van der Waals surface area (Å²) in [6, 6.07) is 15.0. The van der Waals surface area contributed by atoms with Crippen LogP contribution in [0.5, 0.6) is 0 Å². The number of aliphatic imine (C=N–C) groups is 4. The Kier molecular flexibility index (Phi) is 10.3. The van der Waals surface area contributed by atoms with Gasteiger partial charge < -0.3 is 19.9 Å². The van der Waals surface area contributed by atoms with Crippen molar-refractivity contribution in [1.29, 1.82) is 0 Å². The van der Waals surface area contributed by atoms with Gasteiger partial charge in [-0.05, 0) is 24.3 Å². The Morgan fingerprint density at radius 3 is 1.48 bits per heavy atom. The van der Waals surface area contributed by atoms with Crippen LogP contribution >= 0.6 is 0 Å². The van der Waals surface area contributed by atoms with Gasteiger partial charge in [-0.2, -0.15) is 22.4 Å². The molecule has 0 saturated carbocycles. The first-order chi connectivity index (χ1) is 19.8. The summed E-state index contributed by atoms with van der Waals surface area (Å²) < 4.78 is 8.19. The van der Waals surface area contributed by atoms with Crippen LogP contribution in [0.1, 0.15) is 22.8 Å². The molecule has 6 aromatic rings. The van der Waals surface area contributed by atoms with Gasteiger partial charge in [0.15, 0.2) is 0 Å². The molecule has 0 aromatic carbocycles. The molecule has 0 spiro atoms. The zero-order valence-corrected chi connectivity index (χ0v) is 22.0. The molecule has 4 N–H and O–H groups in total. The van der Waals surface area contributed by atoms with Crippen LogP contribution in [-0.2, 0) is 21.0 Å². The van der Waals surface area contributed by atoms with Crippen molar-refractivity contribution in [3.63, 3.8) is 0 Å². The molecule has 0 aliphatic heterocycles. The average molecular weight is 571 g/mol. The summed E-state index contributed by atoms with van der Waals surface area (Å²) in [5.74, 6) is 1.44. The summed E-state index contributed by atoms with van der Waals surface area (Å²) in [6.07, 6.45) is 13.6. The zero-order valence-electron chi connectivity index (χ0n) is 20.6. The van der Waals surface area contributed by atoms with Crippen LogP contribution in [0.15, 0.2) is 93.3 Å². The molecule has 15 nitrogen and oxygen atoms in total. The van der Waals surface area contributed by atoms with Gasteiger partial charge in [-0.15, -0.1) is 21.6 Å². The third-order valence-electron chi connectivity index (χ3n) is 4.60. The number of H-pyrrole nitrogens is 4. The fourth-order valence-corrected chi connectivity index (χ4v) is 2.86. The van der Waals surface area contributed by atoms with E-state index in [1.807, 2.05) is 60.9 Å². The SMILES string of the molecule is C(=N\c1n[nH]c(/N=C/c2ccc[n-]2)n1)/c1ccc[nH]1.C(=N\c1n[nH]c(/N=C/c2ccc[n-]2)n1)/c1ccc[nH]1.[O]=[V+2]. The Labute approximate surface area is 235 Å². The molecular weight excluding hydrogens is 551 g/mol. The first-order valence-corrected chi connectivity index (χ1v) is 12.0. The van der Waals surface area contributed by atoms with Crippen molar-refractivity contribution in [2.75, 3.05) is 0 Å². The van der Waals surface area contributed by atoms with E-state index < -0.39 is 0 Å². The molecule has 0 fully saturated rings. The van der Waals surface area contributed by atoms with E-state index in [4.69, 9.17) is 3.67 Å². The van der Waals surface area contributed by atoms with E-state index in [0.29, 0.717) is 23.8 Å². The normalized spacial score (nSPS) is 11.3. The minimum absolute atomic E-state index is 0.331. The zero-order chi connectivity index (χ0) is 27.8. The van der Waals surface area contributed by atoms with Crippen LogP contribution in [0.25, 0.3) is 0 Å². The Morgan fingerprint density at radius 1 is 0.625 bits per heavy atom. The van der Waals surface area contributed by atoms with Crippen LogP contribution in [0.2, 0.25) is 0 Å². The van der Waals surface area contributed by atoms with E-state index >= 15 is 0 Å². The number of nitrogens with zero attached hydrogens (tertiary/aromatic N) is 10. The second-order valence-electron chi connectivity index (χ2n) is 7.33. The van der Waals surface area contributed by atoms with Gasteiger partial charge in [0.05, 0.1) is 23.8 Å². The summed E-state index contributed by atoms with van der Waals surface area (Å²) in [5.41, 5.74) is 3.31. The van der Waals surface area contributed by atoms with Gasteiger partial charge in [0.1, 0.15) is 0 Å². The Balaban J connectivity index is 0.000000174. The monoisotopic (exact) mass is 571 g/mol. The molecule has 0 saturated heterocycles. The van der Waals surface area contributed by atoms with Crippen molar-refractivity contribution < 1.29 is 21.0 Å². The Hall–Kier alpha value is -5.54. The minimum atomic E-state index is 0.331. The molecule has 6 rings (SSSR count). The van der Waals surface area contributed by atoms with E-state index in [2.05, 4.69) is 70.3 Å². The van der Waals surface area contributed by atoms with Crippen molar-refractivity contribution in [3.05, 3.63) is 96.1 Å². The summed E-state index contributed by atoms with van der Waals surface area (Å²) in [4.78, 5) is 38.8. The quantitative estimate of drug-likeness (QED) is 0.200. The van der Waals surface area contributed by atoms with Gasteiger partial charge in [0.2, 0.25) is 11.9 Å². The van der Waals surface area contributed by atoms with Gasteiger partial charge in [0.25, 0.3) is 11.9 Å². The molecule has 6 heterocycles. The molecule has 197 valence electrons. The third-order valence-corrected chi connectivity index (χ3v) is 4.60. The second kappa shape index (κ2) is 15.0. The molecule has 0 aliphatic rings. The van der Waals surface area contributed by atoms with Gasteiger partial charge in [-0.25, -0.2) is 30.2 Å². The maximum absolute atomic E-state index is 8.19. The fraction of sp³-hybridized carbons (Fsp3) is 0. The second-order valence-corrected chi connectivity index (χ2v) is 7.33. The number of rotatable bonds is 8. The molecule has 0 unspecified atom stereocenters. The van der Waals surface area contributed by atoms with Crippen molar-refractivity contribution in [1.82, 2.24) is 50.3 Å². The van der Waals surface area contributed by atoms with E-state index in [1.165, 1.54) is 0 Å². The molecule has 0 atom stereocenters. The third kappa shape index (κ3) is 8.79. The molecule has 40 heavy (non-hydrogen) atoms. The average Bonchev–Trinajstić information content (AvgIpc) is 3.83. The summed E-state index contributed by atoms with van der Waals surface area (Å²) in [6.45, 7) is 0. The molecule has 0 amide bonds. The molecule has 6 aromatic heterocycles. The standard InChI is InChI=1S/2C12H10N7.O.V/c2*1-3-9(13-5-1)7-15-11-17-12(19-18-11)16-8-10-4-2-6-14-10;;/h2*1-8,13H,(H,17,18,19);;/q2*-1;;+2/b2*15-7+,16-8+;;. The van der Waals surface area contributed by atoms with E-state index in [-0.39, 0.29) is 0 Å². The van der Waals surface area contributed by atoms with E-state index in [1.54, 1.807) is 37.3 Å². The van der Waals surface area contributed by atoms with Crippen LogP contribution in [0, 0.1) is 0 Å². The fourth-order valence-electron chi connectivity index (χ4n) is 2.86. The Morgan fingerprint density at radius 2 is 1.10 bits per heavy atom. The topological polar surface area (TPSA) is 209 Å². The van der Waals surface area contributed by atoms with Crippen molar-refractivity contribution in [2.24, 2.45) is 20.0 Å². The number of hydrogen-bond acceptors (Lipinski definition) is 9. The van der Waals surface area contributed by atoms with E-state index in [9.17, 15) is 0 Å². The molecule has 0 radical (unpaired) electrons. The van der Waals surface area contributed by atoms with Crippen LogP contribution in [0.3, 0.4) is 0 Å². The van der Waals surface area contributed by atoms with Crippen molar-refractivity contribution in [3.8, 4) is 0 Å². The number of aromatic nitrogens is 10. The first-order valence-electron chi connectivity index (χ1n) is 11.4. The van der Waals surface area contributed by atoms with Gasteiger partial charge in [-0.3, -0.25) is 0 Å². The summed E-state index contributed by atoms with van der Waals surface area (Å²) in [5, 5.41) is 13.2. The van der Waals surface area contributed by atoms with Crippen molar-refractivity contribution in [2.45, 2.75) is 0 Å².